The molecule has 92 heavy (non-hydrogen) atoms. The van der Waals surface area contributed by atoms with Crippen molar-refractivity contribution in [1.82, 2.24) is 0 Å². The van der Waals surface area contributed by atoms with Crippen LogP contribution in [0.1, 0.15) is 33.4 Å². The Labute approximate surface area is 547 Å². The van der Waals surface area contributed by atoms with E-state index in [-0.39, 0.29) is 24.5 Å². The molecule has 6 rings (SSSR count). The zero-order valence-corrected chi connectivity index (χ0v) is 62.1. The Morgan fingerprint density at radius 2 is 0.348 bits per heavy atom. The number of hydrogen-bond acceptors (Lipinski definition) is 28. The summed E-state index contributed by atoms with van der Waals surface area (Å²) in [6.45, 7) is 11.0. The molecule has 28 nitrogen and oxygen atoms in total. The van der Waals surface area contributed by atoms with Gasteiger partial charge in [-0.3, -0.25) is 0 Å². The number of hydrogen-bond donors (Lipinski definition) is 0. The van der Waals surface area contributed by atoms with E-state index in [4.69, 9.17) is 10.7 Å². The van der Waals surface area contributed by atoms with E-state index in [1.807, 2.05) is 13.8 Å². The predicted octanol–water partition coefficient (Wildman–Crippen LogP) is 5.28. The van der Waals surface area contributed by atoms with Gasteiger partial charge in [-0.1, -0.05) is 106 Å². The van der Waals surface area contributed by atoms with E-state index in [1.54, 1.807) is 113 Å². The van der Waals surface area contributed by atoms with Crippen molar-refractivity contribution >= 4 is 130 Å². The molecule has 0 amide bonds. The fourth-order valence-electron chi connectivity index (χ4n) is 5.15. The van der Waals surface area contributed by atoms with Crippen LogP contribution in [0.5, 0.6) is 0 Å². The largest absolute Gasteiger partial charge is 0.311 e. The van der Waals surface area contributed by atoms with Crippen LogP contribution in [0.15, 0.2) is 175 Å². The molecule has 0 fully saturated rings. The molecular formula is C51H69ClO28S12. The van der Waals surface area contributed by atoms with E-state index in [9.17, 15) is 101 Å². The first-order valence-corrected chi connectivity index (χ1v) is 46.0. The molecule has 6 aromatic carbocycles. The summed E-state index contributed by atoms with van der Waals surface area (Å²) >= 11 is 0. The Balaban J connectivity index is 0. The highest BCUT2D eigenvalue weighted by molar-refractivity contribution is 8.13. The van der Waals surface area contributed by atoms with Gasteiger partial charge in [0.1, 0.15) is 19.7 Å². The van der Waals surface area contributed by atoms with Crippen molar-refractivity contribution in [3.8, 4) is 0 Å². The number of rotatable bonds is 14. The van der Waals surface area contributed by atoms with Crippen molar-refractivity contribution in [2.45, 2.75) is 70.9 Å². The number of benzene rings is 6. The first kappa shape index (κ1) is 88.9. The molecule has 0 spiro atoms. The number of halogens is 1. The van der Waals surface area contributed by atoms with Crippen LogP contribution in [0.3, 0.4) is 0 Å². The first-order valence-electron chi connectivity index (χ1n) is 24.3. The topological polar surface area (TPSA) is 447 Å². The molecule has 0 saturated carbocycles. The second-order valence-corrected chi connectivity index (χ2v) is 41.8. The Morgan fingerprint density at radius 3 is 0.457 bits per heavy atom. The van der Waals surface area contributed by atoms with E-state index in [2.05, 4.69) is 14.5 Å². The monoisotopic (exact) mass is 1550 g/mol. The van der Waals surface area contributed by atoms with E-state index in [0.717, 1.165) is 58.4 Å². The van der Waals surface area contributed by atoms with Crippen molar-refractivity contribution in [2.75, 3.05) is 56.3 Å². The lowest BCUT2D eigenvalue weighted by Gasteiger charge is -2.07. The van der Waals surface area contributed by atoms with Crippen LogP contribution in [0.25, 0.3) is 0 Å². The normalized spacial score (nSPS) is 12.3. The zero-order chi connectivity index (χ0) is 72.7. The maximum Gasteiger partial charge on any atom is 0.311 e. The molecule has 0 atom stereocenters. The summed E-state index contributed by atoms with van der Waals surface area (Å²) < 4.78 is 274. The molecular weight excluding hydrogens is 1480 g/mol. The van der Waals surface area contributed by atoms with Gasteiger partial charge in [0.2, 0.25) is 0 Å². The molecule has 0 unspecified atom stereocenters. The van der Waals surface area contributed by atoms with Crippen LogP contribution in [-0.2, 0) is 134 Å². The van der Waals surface area contributed by atoms with Crippen LogP contribution in [0.2, 0.25) is 0 Å². The third-order valence-corrected chi connectivity index (χ3v) is 21.6. The summed E-state index contributed by atoms with van der Waals surface area (Å²) in [6, 6.07) is 36.1. The highest BCUT2D eigenvalue weighted by atomic mass is 35.7. The minimum absolute atomic E-state index is 0.143. The number of sulfone groups is 3. The van der Waals surface area contributed by atoms with E-state index < -0.39 is 120 Å². The van der Waals surface area contributed by atoms with Crippen molar-refractivity contribution in [3.05, 3.63) is 179 Å². The predicted molar refractivity (Wildman–Crippen MR) is 347 cm³/mol. The summed E-state index contributed by atoms with van der Waals surface area (Å²) in [7, 11) is -39.8. The summed E-state index contributed by atoms with van der Waals surface area (Å²) in [6.07, 6.45) is 8.49. The average Bonchev–Trinajstić information content (AvgIpc) is 0.838. The molecule has 0 heterocycles. The van der Waals surface area contributed by atoms with Gasteiger partial charge in [-0.2, -0.15) is 67.3 Å². The molecule has 520 valence electrons. The zero-order valence-electron chi connectivity index (χ0n) is 51.6. The smallest absolute Gasteiger partial charge is 0.229 e. The summed E-state index contributed by atoms with van der Waals surface area (Å²) in [5.74, 6) is 0. The van der Waals surface area contributed by atoms with Gasteiger partial charge in [0, 0.05) is 42.0 Å². The molecule has 41 heteroatoms. The second-order valence-electron chi connectivity index (χ2n) is 19.3. The fourth-order valence-corrected chi connectivity index (χ4v) is 15.2. The lowest BCUT2D eigenvalue weighted by molar-refractivity contribution is 0.458. The van der Waals surface area contributed by atoms with E-state index in [1.165, 1.54) is 66.9 Å². The summed E-state index contributed by atoms with van der Waals surface area (Å²) in [5.41, 5.74) is 5.50. The summed E-state index contributed by atoms with van der Waals surface area (Å²) in [4.78, 5) is -0.298. The lowest BCUT2D eigenvalue weighted by Crippen LogP contribution is -2.14. The third-order valence-electron chi connectivity index (χ3n) is 8.84. The van der Waals surface area contributed by atoms with Gasteiger partial charge in [0.05, 0.1) is 54.4 Å². The molecule has 6 aromatic rings. The van der Waals surface area contributed by atoms with Gasteiger partial charge in [-0.05, 0) is 114 Å². The second kappa shape index (κ2) is 36.1. The quantitative estimate of drug-likeness (QED) is 0.125. The highest BCUT2D eigenvalue weighted by Crippen LogP contribution is 2.23. The summed E-state index contributed by atoms with van der Waals surface area (Å²) in [5, 5.41) is 0. The SMILES string of the molecule is CS(=O)(=O)OS(C)(=O)=O.CS(=O)(=O)OS(C)(=O)=O.CS(C)(=O)=O.CS(C)(=O)=O.Cc1ccc(S(=O)(=O)Cl)cc1.Cc1ccc(S(=O)(=O)OS(=O)(=O)c2ccc(C)cc2)cc1.Cc1ccc(S(=O)(=O)OS(=O)(=O)c2ccc(C)cc2)cc1.Cc1ccc(S(C)(=O)=O)cc1. The van der Waals surface area contributed by atoms with Crippen LogP contribution >= 0.6 is 10.7 Å². The van der Waals surface area contributed by atoms with Crippen molar-refractivity contribution < 1.29 is 116 Å². The van der Waals surface area contributed by atoms with Gasteiger partial charge in [0.25, 0.3) is 49.5 Å². The third kappa shape index (κ3) is 45.2. The minimum Gasteiger partial charge on any atom is -0.229 e. The first-order chi connectivity index (χ1) is 40.8. The maximum atomic E-state index is 12.0. The Morgan fingerprint density at radius 1 is 0.217 bits per heavy atom. The number of aryl methyl sites for hydroxylation is 6. The lowest BCUT2D eigenvalue weighted by atomic mass is 10.2. The van der Waals surface area contributed by atoms with E-state index in [0.29, 0.717) is 29.9 Å². The molecule has 0 aliphatic carbocycles. The van der Waals surface area contributed by atoms with Crippen LogP contribution in [-0.4, -0.2) is 157 Å². The van der Waals surface area contributed by atoms with Crippen molar-refractivity contribution in [2.24, 2.45) is 0 Å². The van der Waals surface area contributed by atoms with Gasteiger partial charge in [0.15, 0.2) is 9.84 Å². The molecule has 0 saturated heterocycles. The Kier molecular flexibility index (Phi) is 34.9. The minimum atomic E-state index is -4.38. The molecule has 0 aromatic heterocycles. The molecule has 0 bridgehead atoms. The van der Waals surface area contributed by atoms with Crippen LogP contribution in [0.4, 0.5) is 0 Å². The molecule has 0 radical (unpaired) electrons. The molecule has 0 aliphatic heterocycles. The molecule has 0 N–H and O–H groups in total. The van der Waals surface area contributed by atoms with Crippen molar-refractivity contribution in [3.63, 3.8) is 0 Å². The Hall–Kier alpha value is -5.15. The van der Waals surface area contributed by atoms with Gasteiger partial charge in [-0.25, -0.2) is 33.7 Å². The maximum absolute atomic E-state index is 12.0. The van der Waals surface area contributed by atoms with Crippen LogP contribution in [0, 0.1) is 41.5 Å². The van der Waals surface area contributed by atoms with Gasteiger partial charge < -0.3 is 0 Å². The Bertz CT molecular complexity index is 4300. The molecule has 0 aliphatic rings. The van der Waals surface area contributed by atoms with Crippen LogP contribution < -0.4 is 0 Å². The van der Waals surface area contributed by atoms with Gasteiger partial charge in [-0.15, -0.1) is 14.5 Å². The average molecular weight is 1550 g/mol. The standard InChI is InChI=1S/2C14H14O5S2.C8H10O2S.C7H7ClO2S.2C2H6O5S2.2C2H6O2S/c2*1-11-3-7-13(8-4-11)20(15,16)19-21(17,18)14-9-5-12(2)6-10-14;1-7-3-5-8(6-4-7)11(2,9)10;1-6-2-4-7(5-3-6)11(8,9)10;2*1-8(3,4)7-9(2,5)6;2*1-5(2,3)4/h2*3-10H,1-2H3;3-6H,1-2H3;2-5H,1H3;2*1-2H3;2*1-2H3. The fraction of sp³-hybridized carbons (Fsp3) is 0.294. The van der Waals surface area contributed by atoms with Crippen molar-refractivity contribution in [1.29, 1.82) is 0 Å². The van der Waals surface area contributed by atoms with Gasteiger partial charge >= 0.3 is 40.5 Å². The highest BCUT2D eigenvalue weighted by Gasteiger charge is 2.28. The van der Waals surface area contributed by atoms with E-state index >= 15 is 0 Å².